The van der Waals surface area contributed by atoms with E-state index in [2.05, 4.69) is 15.0 Å². The van der Waals surface area contributed by atoms with Crippen molar-refractivity contribution in [3.63, 3.8) is 0 Å². The van der Waals surface area contributed by atoms with Gasteiger partial charge in [0.2, 0.25) is 0 Å². The van der Waals surface area contributed by atoms with E-state index in [0.29, 0.717) is 28.1 Å². The summed E-state index contributed by atoms with van der Waals surface area (Å²) in [6.07, 6.45) is -3.07. The highest BCUT2D eigenvalue weighted by molar-refractivity contribution is 5.90. The van der Waals surface area contributed by atoms with Crippen LogP contribution in [-0.4, -0.2) is 61.5 Å². The number of fused-ring (bicyclic) bond motifs is 1. The van der Waals surface area contributed by atoms with Crippen LogP contribution in [0.5, 0.6) is 0 Å². The molecule has 1 saturated heterocycles. The number of benzene rings is 2. The largest absolute Gasteiger partial charge is 0.459 e. The van der Waals surface area contributed by atoms with Gasteiger partial charge in [-0.25, -0.2) is 24.5 Å². The standard InChI is InChI=1S/C25H23N5O6/c1-14-28-21(26)18-22(29-14)30(13-27-18)23-19(31)20(36-25(33)16-10-6-3-7-11-16)17(35-23)12-34-24(32)15-8-4-2-5-9-15/h2-11,13,17,19-20,23,31H,12H2,1H3,(H2,26,28,29)/t17?,19-,20?,23+/m0/s1. The number of imidazole rings is 1. The highest BCUT2D eigenvalue weighted by Crippen LogP contribution is 2.34. The van der Waals surface area contributed by atoms with Crippen LogP contribution in [0.25, 0.3) is 11.2 Å². The Bertz CT molecular complexity index is 1390. The van der Waals surface area contributed by atoms with Gasteiger partial charge in [0.25, 0.3) is 0 Å². The van der Waals surface area contributed by atoms with Gasteiger partial charge in [0, 0.05) is 0 Å². The van der Waals surface area contributed by atoms with Crippen molar-refractivity contribution >= 4 is 28.9 Å². The fourth-order valence-electron chi connectivity index (χ4n) is 4.05. The minimum absolute atomic E-state index is 0.184. The van der Waals surface area contributed by atoms with Crippen molar-refractivity contribution in [3.05, 3.63) is 83.9 Å². The number of aliphatic hydroxyl groups is 1. The van der Waals surface area contributed by atoms with Crippen LogP contribution in [0.2, 0.25) is 0 Å². The first-order chi connectivity index (χ1) is 17.4. The number of ether oxygens (including phenoxy) is 3. The maximum atomic E-state index is 12.8. The van der Waals surface area contributed by atoms with E-state index in [0.717, 1.165) is 0 Å². The molecule has 0 radical (unpaired) electrons. The number of anilines is 1. The van der Waals surface area contributed by atoms with Crippen molar-refractivity contribution in [2.45, 2.75) is 31.5 Å². The molecule has 0 aliphatic carbocycles. The molecule has 0 bridgehead atoms. The first-order valence-corrected chi connectivity index (χ1v) is 11.2. The summed E-state index contributed by atoms with van der Waals surface area (Å²) in [4.78, 5) is 38.0. The monoisotopic (exact) mass is 489 g/mol. The van der Waals surface area contributed by atoms with Gasteiger partial charge in [-0.05, 0) is 31.2 Å². The molecule has 3 heterocycles. The Hall–Kier alpha value is -4.35. The number of aryl methyl sites for hydroxylation is 1. The molecule has 2 aromatic carbocycles. The van der Waals surface area contributed by atoms with Crippen molar-refractivity contribution < 1.29 is 28.9 Å². The highest BCUT2D eigenvalue weighted by atomic mass is 16.6. The van der Waals surface area contributed by atoms with E-state index in [1.165, 1.54) is 10.9 Å². The predicted molar refractivity (Wildman–Crippen MR) is 127 cm³/mol. The normalized spacial score (nSPS) is 21.4. The van der Waals surface area contributed by atoms with Crippen LogP contribution in [0.3, 0.4) is 0 Å². The zero-order chi connectivity index (χ0) is 25.2. The summed E-state index contributed by atoms with van der Waals surface area (Å²) in [5, 5.41) is 11.2. The minimum atomic E-state index is -1.33. The summed E-state index contributed by atoms with van der Waals surface area (Å²) in [5.74, 6) is -0.630. The van der Waals surface area contributed by atoms with Crippen LogP contribution >= 0.6 is 0 Å². The number of aliphatic hydroxyl groups excluding tert-OH is 1. The van der Waals surface area contributed by atoms with E-state index in [1.807, 2.05) is 0 Å². The lowest BCUT2D eigenvalue weighted by Crippen LogP contribution is -2.38. The molecule has 11 heteroatoms. The number of esters is 2. The quantitative estimate of drug-likeness (QED) is 0.385. The molecule has 5 rings (SSSR count). The van der Waals surface area contributed by atoms with Crippen LogP contribution in [0, 0.1) is 6.92 Å². The lowest BCUT2D eigenvalue weighted by atomic mass is 10.1. The van der Waals surface area contributed by atoms with Gasteiger partial charge in [-0.3, -0.25) is 4.57 Å². The lowest BCUT2D eigenvalue weighted by Gasteiger charge is -2.20. The van der Waals surface area contributed by atoms with E-state index < -0.39 is 36.5 Å². The van der Waals surface area contributed by atoms with Gasteiger partial charge in [0.1, 0.15) is 30.2 Å². The van der Waals surface area contributed by atoms with Crippen LogP contribution in [0.4, 0.5) is 5.82 Å². The van der Waals surface area contributed by atoms with Gasteiger partial charge in [0.05, 0.1) is 17.5 Å². The molecule has 4 atom stereocenters. The zero-order valence-corrected chi connectivity index (χ0v) is 19.2. The lowest BCUT2D eigenvalue weighted by molar-refractivity contribution is -0.0585. The predicted octanol–water partition coefficient (Wildman–Crippen LogP) is 2.06. The topological polar surface area (TPSA) is 152 Å². The third-order valence-corrected chi connectivity index (χ3v) is 5.78. The Kier molecular flexibility index (Phi) is 6.32. The van der Waals surface area contributed by atoms with Crippen molar-refractivity contribution in [2.75, 3.05) is 12.3 Å². The molecular formula is C25H23N5O6. The number of nitrogens with two attached hydrogens (primary N) is 1. The van der Waals surface area contributed by atoms with Crippen LogP contribution in [-0.2, 0) is 14.2 Å². The molecule has 2 aromatic heterocycles. The molecule has 1 aliphatic heterocycles. The fourth-order valence-corrected chi connectivity index (χ4v) is 4.05. The number of aromatic nitrogens is 4. The summed E-state index contributed by atoms with van der Waals surface area (Å²) < 4.78 is 18.6. The molecule has 184 valence electrons. The first kappa shape index (κ1) is 23.4. The van der Waals surface area contributed by atoms with Crippen molar-refractivity contribution in [1.82, 2.24) is 19.5 Å². The van der Waals surface area contributed by atoms with Gasteiger partial charge in [-0.2, -0.15) is 0 Å². The number of nitrogens with zero attached hydrogens (tertiary/aromatic N) is 4. The van der Waals surface area contributed by atoms with Gasteiger partial charge in [-0.15, -0.1) is 0 Å². The van der Waals surface area contributed by atoms with E-state index in [4.69, 9.17) is 19.9 Å². The van der Waals surface area contributed by atoms with E-state index in [-0.39, 0.29) is 12.4 Å². The molecule has 2 unspecified atom stereocenters. The number of carbonyl (C=O) groups is 2. The summed E-state index contributed by atoms with van der Waals surface area (Å²) in [5.41, 5.74) is 7.31. The molecule has 4 aromatic rings. The smallest absolute Gasteiger partial charge is 0.338 e. The Morgan fingerprint density at radius 3 is 2.33 bits per heavy atom. The van der Waals surface area contributed by atoms with Gasteiger partial charge in [-0.1, -0.05) is 36.4 Å². The Labute approximate surface area is 205 Å². The fraction of sp³-hybridized carbons (Fsp3) is 0.240. The second kappa shape index (κ2) is 9.72. The van der Waals surface area contributed by atoms with Crippen LogP contribution in [0.15, 0.2) is 67.0 Å². The Morgan fingerprint density at radius 1 is 1.03 bits per heavy atom. The summed E-state index contributed by atoms with van der Waals surface area (Å²) in [6.45, 7) is 1.41. The molecule has 0 amide bonds. The number of hydrogen-bond acceptors (Lipinski definition) is 10. The van der Waals surface area contributed by atoms with Gasteiger partial charge in [0.15, 0.2) is 23.8 Å². The third-order valence-electron chi connectivity index (χ3n) is 5.78. The number of hydrogen-bond donors (Lipinski definition) is 2. The summed E-state index contributed by atoms with van der Waals surface area (Å²) in [7, 11) is 0. The molecule has 0 spiro atoms. The average molecular weight is 489 g/mol. The molecule has 0 saturated carbocycles. The molecule has 3 N–H and O–H groups in total. The SMILES string of the molecule is Cc1nc(N)c2ncn([C@@H]3OC(COC(=O)c4ccccc4)C(OC(=O)c4ccccc4)[C@@H]3O)c2n1. The maximum Gasteiger partial charge on any atom is 0.338 e. The van der Waals surface area contributed by atoms with E-state index >= 15 is 0 Å². The number of carbonyl (C=O) groups excluding carboxylic acids is 2. The molecule has 1 aliphatic rings. The van der Waals surface area contributed by atoms with Gasteiger partial charge < -0.3 is 25.1 Å². The molecular weight excluding hydrogens is 466 g/mol. The number of nitrogen functional groups attached to an aromatic ring is 1. The first-order valence-electron chi connectivity index (χ1n) is 11.2. The van der Waals surface area contributed by atoms with E-state index in [1.54, 1.807) is 67.6 Å². The van der Waals surface area contributed by atoms with Crippen molar-refractivity contribution in [2.24, 2.45) is 0 Å². The van der Waals surface area contributed by atoms with Crippen LogP contribution < -0.4 is 5.73 Å². The van der Waals surface area contributed by atoms with Crippen LogP contribution in [0.1, 0.15) is 32.8 Å². The third kappa shape index (κ3) is 4.49. The molecule has 1 fully saturated rings. The highest BCUT2D eigenvalue weighted by Gasteiger charge is 2.48. The average Bonchev–Trinajstić information content (AvgIpc) is 3.44. The van der Waals surface area contributed by atoms with E-state index in [9.17, 15) is 14.7 Å². The Morgan fingerprint density at radius 2 is 1.67 bits per heavy atom. The molecule has 11 nitrogen and oxygen atoms in total. The van der Waals surface area contributed by atoms with Crippen molar-refractivity contribution in [3.8, 4) is 0 Å². The summed E-state index contributed by atoms with van der Waals surface area (Å²) >= 11 is 0. The minimum Gasteiger partial charge on any atom is -0.459 e. The maximum absolute atomic E-state index is 12.8. The Balaban J connectivity index is 1.42. The van der Waals surface area contributed by atoms with Gasteiger partial charge >= 0.3 is 11.9 Å². The summed E-state index contributed by atoms with van der Waals surface area (Å²) in [6, 6.07) is 16.8. The number of rotatable bonds is 6. The zero-order valence-electron chi connectivity index (χ0n) is 19.2. The van der Waals surface area contributed by atoms with Crippen molar-refractivity contribution in [1.29, 1.82) is 0 Å². The second-order valence-electron chi connectivity index (χ2n) is 8.24. The second-order valence-corrected chi connectivity index (χ2v) is 8.24. The molecule has 36 heavy (non-hydrogen) atoms.